The minimum atomic E-state index is -0.247. The third kappa shape index (κ3) is 2.86. The lowest BCUT2D eigenvalue weighted by Crippen LogP contribution is -2.37. The van der Waals surface area contributed by atoms with Crippen LogP contribution in [-0.4, -0.2) is 18.5 Å². The van der Waals surface area contributed by atoms with Crippen LogP contribution >= 0.6 is 15.9 Å². The predicted molar refractivity (Wildman–Crippen MR) is 52.4 cm³/mol. The van der Waals surface area contributed by atoms with Gasteiger partial charge in [0, 0.05) is 12.6 Å². The summed E-state index contributed by atoms with van der Waals surface area (Å²) in [4.78, 5) is 11.3. The number of nitrogens with two attached hydrogens (primary N) is 1. The minimum absolute atomic E-state index is 0.0450. The van der Waals surface area contributed by atoms with Crippen LogP contribution in [0.3, 0.4) is 0 Å². The summed E-state index contributed by atoms with van der Waals surface area (Å²) in [7, 11) is 0. The van der Waals surface area contributed by atoms with Crippen molar-refractivity contribution in [1.82, 2.24) is 5.32 Å². The number of nitrogens with one attached hydrogen (secondary N) is 1. The molecule has 0 bridgehead atoms. The Labute approximate surface area is 84.6 Å². The van der Waals surface area contributed by atoms with Crippen molar-refractivity contribution in [1.29, 1.82) is 0 Å². The van der Waals surface area contributed by atoms with Crippen LogP contribution in [-0.2, 0) is 0 Å². The normalized spacial score (nSPS) is 12.5. The topological polar surface area (TPSA) is 68.3 Å². The Kier molecular flexibility index (Phi) is 3.50. The summed E-state index contributed by atoms with van der Waals surface area (Å²) in [5.74, 6) is 0.0378. The number of furan rings is 1. The third-order valence-corrected chi connectivity index (χ3v) is 1.95. The van der Waals surface area contributed by atoms with E-state index in [-0.39, 0.29) is 17.7 Å². The van der Waals surface area contributed by atoms with Gasteiger partial charge in [-0.15, -0.1) is 0 Å². The first-order valence-electron chi connectivity index (χ1n) is 3.89. The summed E-state index contributed by atoms with van der Waals surface area (Å²) in [5, 5.41) is 2.68. The smallest absolute Gasteiger partial charge is 0.287 e. The average molecular weight is 247 g/mol. The number of hydrogen-bond donors (Lipinski definition) is 2. The fourth-order valence-electron chi connectivity index (χ4n) is 0.790. The number of amides is 1. The molecule has 1 aromatic rings. The Hall–Kier alpha value is -0.810. The number of carbonyl (C=O) groups excluding carboxylic acids is 1. The van der Waals surface area contributed by atoms with Gasteiger partial charge in [0.2, 0.25) is 0 Å². The van der Waals surface area contributed by atoms with Gasteiger partial charge in [0.05, 0.1) is 0 Å². The van der Waals surface area contributed by atoms with Gasteiger partial charge in [0.15, 0.2) is 10.4 Å². The Balaban J connectivity index is 2.58. The molecule has 0 aliphatic rings. The lowest BCUT2D eigenvalue weighted by atomic mass is 10.3. The third-order valence-electron chi connectivity index (χ3n) is 1.53. The molecule has 0 spiro atoms. The van der Waals surface area contributed by atoms with Crippen LogP contribution in [0.2, 0.25) is 0 Å². The molecule has 0 saturated heterocycles. The SMILES string of the molecule is CC(CN)NC(=O)c1ccc(Br)o1. The van der Waals surface area contributed by atoms with Crippen molar-refractivity contribution in [3.8, 4) is 0 Å². The number of carbonyl (C=O) groups is 1. The minimum Gasteiger partial charge on any atom is -0.444 e. The summed E-state index contributed by atoms with van der Waals surface area (Å²) in [6, 6.07) is 3.22. The summed E-state index contributed by atoms with van der Waals surface area (Å²) >= 11 is 3.11. The standard InChI is InChI=1S/C8H11BrN2O2/c1-5(4-10)11-8(12)6-2-3-7(9)13-6/h2-3,5H,4,10H2,1H3,(H,11,12). The van der Waals surface area contributed by atoms with Gasteiger partial charge in [-0.3, -0.25) is 4.79 Å². The lowest BCUT2D eigenvalue weighted by molar-refractivity contribution is 0.0912. The van der Waals surface area contributed by atoms with Gasteiger partial charge in [0.25, 0.3) is 5.91 Å². The van der Waals surface area contributed by atoms with Gasteiger partial charge < -0.3 is 15.5 Å². The van der Waals surface area contributed by atoms with Crippen molar-refractivity contribution in [2.75, 3.05) is 6.54 Å². The first-order chi connectivity index (χ1) is 6.13. The molecule has 3 N–H and O–H groups in total. The second kappa shape index (κ2) is 4.43. The molecule has 1 aromatic heterocycles. The van der Waals surface area contributed by atoms with Gasteiger partial charge in [-0.1, -0.05) is 0 Å². The van der Waals surface area contributed by atoms with Crippen molar-refractivity contribution in [2.45, 2.75) is 13.0 Å². The molecule has 0 aliphatic carbocycles. The molecule has 1 atom stereocenters. The Bertz CT molecular complexity index is 298. The molecular weight excluding hydrogens is 236 g/mol. The molecule has 72 valence electrons. The van der Waals surface area contributed by atoms with Gasteiger partial charge in [0.1, 0.15) is 0 Å². The van der Waals surface area contributed by atoms with Crippen LogP contribution in [0.25, 0.3) is 0 Å². The summed E-state index contributed by atoms with van der Waals surface area (Å²) in [5.41, 5.74) is 5.35. The molecule has 1 amide bonds. The molecule has 0 radical (unpaired) electrons. The van der Waals surface area contributed by atoms with Crippen molar-refractivity contribution in [3.63, 3.8) is 0 Å². The lowest BCUT2D eigenvalue weighted by Gasteiger charge is -2.08. The maximum Gasteiger partial charge on any atom is 0.287 e. The van der Waals surface area contributed by atoms with E-state index < -0.39 is 0 Å². The second-order valence-corrected chi connectivity index (χ2v) is 3.50. The molecule has 13 heavy (non-hydrogen) atoms. The Morgan fingerprint density at radius 2 is 2.46 bits per heavy atom. The zero-order valence-corrected chi connectivity index (χ0v) is 8.80. The van der Waals surface area contributed by atoms with E-state index in [2.05, 4.69) is 21.2 Å². The zero-order chi connectivity index (χ0) is 9.84. The molecule has 0 saturated carbocycles. The highest BCUT2D eigenvalue weighted by atomic mass is 79.9. The molecule has 0 aliphatic heterocycles. The van der Waals surface area contributed by atoms with Crippen LogP contribution in [0.1, 0.15) is 17.5 Å². The molecule has 1 rings (SSSR count). The van der Waals surface area contributed by atoms with Gasteiger partial charge in [-0.2, -0.15) is 0 Å². The van der Waals surface area contributed by atoms with Crippen molar-refractivity contribution in [2.24, 2.45) is 5.73 Å². The largest absolute Gasteiger partial charge is 0.444 e. The maximum atomic E-state index is 11.3. The van der Waals surface area contributed by atoms with E-state index in [0.29, 0.717) is 11.2 Å². The average Bonchev–Trinajstić information content (AvgIpc) is 2.51. The Morgan fingerprint density at radius 3 is 2.92 bits per heavy atom. The fourth-order valence-corrected chi connectivity index (χ4v) is 1.10. The van der Waals surface area contributed by atoms with Crippen molar-refractivity contribution in [3.05, 3.63) is 22.6 Å². The zero-order valence-electron chi connectivity index (χ0n) is 7.21. The summed E-state index contributed by atoms with van der Waals surface area (Å²) in [6.07, 6.45) is 0. The van der Waals surface area contributed by atoms with E-state index in [1.165, 1.54) is 0 Å². The van der Waals surface area contributed by atoms with Crippen LogP contribution in [0, 0.1) is 0 Å². The van der Waals surface area contributed by atoms with E-state index in [9.17, 15) is 4.79 Å². The van der Waals surface area contributed by atoms with E-state index in [4.69, 9.17) is 10.2 Å². The van der Waals surface area contributed by atoms with E-state index in [1.807, 2.05) is 6.92 Å². The van der Waals surface area contributed by atoms with E-state index in [1.54, 1.807) is 12.1 Å². The molecule has 0 aromatic carbocycles. The van der Waals surface area contributed by atoms with Crippen LogP contribution in [0.5, 0.6) is 0 Å². The highest BCUT2D eigenvalue weighted by Crippen LogP contribution is 2.13. The van der Waals surface area contributed by atoms with E-state index >= 15 is 0 Å². The van der Waals surface area contributed by atoms with Crippen LogP contribution in [0.15, 0.2) is 21.2 Å². The molecular formula is C8H11BrN2O2. The highest BCUT2D eigenvalue weighted by molar-refractivity contribution is 9.10. The number of rotatable bonds is 3. The summed E-state index contributed by atoms with van der Waals surface area (Å²) < 4.78 is 5.59. The monoisotopic (exact) mass is 246 g/mol. The number of hydrogen-bond acceptors (Lipinski definition) is 3. The molecule has 1 heterocycles. The Morgan fingerprint density at radius 1 is 1.77 bits per heavy atom. The first-order valence-corrected chi connectivity index (χ1v) is 4.69. The van der Waals surface area contributed by atoms with Crippen LogP contribution < -0.4 is 11.1 Å². The molecule has 4 nitrogen and oxygen atoms in total. The van der Waals surface area contributed by atoms with Gasteiger partial charge >= 0.3 is 0 Å². The molecule has 0 fully saturated rings. The molecule has 5 heteroatoms. The van der Waals surface area contributed by atoms with Crippen LogP contribution in [0.4, 0.5) is 0 Å². The predicted octanol–water partition coefficient (Wildman–Crippen LogP) is 1.12. The van der Waals surface area contributed by atoms with Crippen molar-refractivity contribution >= 4 is 21.8 Å². The maximum absolute atomic E-state index is 11.3. The highest BCUT2D eigenvalue weighted by Gasteiger charge is 2.11. The number of halogens is 1. The van der Waals surface area contributed by atoms with E-state index in [0.717, 1.165) is 0 Å². The second-order valence-electron chi connectivity index (χ2n) is 2.71. The molecule has 1 unspecified atom stereocenters. The fraction of sp³-hybridized carbons (Fsp3) is 0.375. The van der Waals surface area contributed by atoms with Gasteiger partial charge in [-0.25, -0.2) is 0 Å². The van der Waals surface area contributed by atoms with Gasteiger partial charge in [-0.05, 0) is 35.0 Å². The van der Waals surface area contributed by atoms with Crippen molar-refractivity contribution < 1.29 is 9.21 Å². The quantitative estimate of drug-likeness (QED) is 0.840. The first kappa shape index (κ1) is 10.3. The summed E-state index contributed by atoms with van der Waals surface area (Å²) in [6.45, 7) is 2.24.